The molecule has 0 heterocycles. The summed E-state index contributed by atoms with van der Waals surface area (Å²) in [6, 6.07) is 0. The summed E-state index contributed by atoms with van der Waals surface area (Å²) in [5, 5.41) is 18.2. The fraction of sp³-hybridized carbons (Fsp3) is 0.579. The van der Waals surface area contributed by atoms with E-state index in [2.05, 4.69) is 38.2 Å². The molecule has 0 aliphatic carbocycles. The van der Waals surface area contributed by atoms with E-state index in [0.29, 0.717) is 0 Å². The largest absolute Gasteiger partial charge is 0.392 e. The maximum absolute atomic E-state index is 9.38. The molecule has 0 amide bonds. The predicted molar refractivity (Wildman–Crippen MR) is 92.3 cm³/mol. The Hall–Kier alpha value is -1.12. The molecule has 0 aromatic heterocycles. The first kappa shape index (κ1) is 19.9. The highest BCUT2D eigenvalue weighted by Crippen LogP contribution is 2.13. The summed E-state index contributed by atoms with van der Waals surface area (Å²) in [5.41, 5.74) is 3.74. The fourth-order valence-corrected chi connectivity index (χ4v) is 2.09. The first-order chi connectivity index (χ1) is 10.1. The molecule has 120 valence electrons. The summed E-state index contributed by atoms with van der Waals surface area (Å²) in [4.78, 5) is 0. The van der Waals surface area contributed by atoms with Gasteiger partial charge in [0.2, 0.25) is 0 Å². The highest BCUT2D eigenvalue weighted by atomic mass is 16.3. The molecule has 0 bridgehead atoms. The number of allylic oxidation sites excluding steroid dienone is 6. The van der Waals surface area contributed by atoms with Gasteiger partial charge in [0.15, 0.2) is 0 Å². The molecule has 0 saturated carbocycles. The van der Waals surface area contributed by atoms with E-state index in [1.807, 2.05) is 13.0 Å². The molecule has 0 aliphatic heterocycles. The van der Waals surface area contributed by atoms with E-state index in [-0.39, 0.29) is 13.2 Å². The van der Waals surface area contributed by atoms with Gasteiger partial charge in [-0.3, -0.25) is 0 Å². The van der Waals surface area contributed by atoms with Crippen LogP contribution in [0.4, 0.5) is 0 Å². The Bertz CT molecular complexity index is 373. The molecular formula is C19H32O2. The minimum Gasteiger partial charge on any atom is -0.392 e. The number of aliphatic hydroxyl groups is 2. The third kappa shape index (κ3) is 12.3. The van der Waals surface area contributed by atoms with Crippen LogP contribution in [0.15, 0.2) is 47.1 Å². The van der Waals surface area contributed by atoms with Crippen LogP contribution in [-0.2, 0) is 0 Å². The minimum absolute atomic E-state index is 0.111. The lowest BCUT2D eigenvalue weighted by Crippen LogP contribution is -1.91. The smallest absolute Gasteiger partial charge is 0.0641 e. The van der Waals surface area contributed by atoms with Crippen LogP contribution in [0, 0.1) is 0 Å². The monoisotopic (exact) mass is 292 g/mol. The van der Waals surface area contributed by atoms with E-state index in [1.54, 1.807) is 0 Å². The van der Waals surface area contributed by atoms with Gasteiger partial charge in [-0.05, 0) is 64.9 Å². The minimum atomic E-state index is 0.111. The van der Waals surface area contributed by atoms with E-state index < -0.39 is 0 Å². The van der Waals surface area contributed by atoms with Gasteiger partial charge in [-0.2, -0.15) is 0 Å². The average molecular weight is 292 g/mol. The molecule has 0 aromatic carbocycles. The molecular weight excluding hydrogens is 260 g/mol. The van der Waals surface area contributed by atoms with E-state index in [1.165, 1.54) is 11.1 Å². The van der Waals surface area contributed by atoms with Crippen molar-refractivity contribution in [2.75, 3.05) is 13.2 Å². The average Bonchev–Trinajstić information content (AvgIpc) is 2.46. The Morgan fingerprint density at radius 2 is 1.43 bits per heavy atom. The van der Waals surface area contributed by atoms with E-state index in [9.17, 15) is 5.11 Å². The summed E-state index contributed by atoms with van der Waals surface area (Å²) in [6.07, 6.45) is 16.6. The maximum Gasteiger partial charge on any atom is 0.0641 e. The van der Waals surface area contributed by atoms with E-state index in [0.717, 1.165) is 44.1 Å². The van der Waals surface area contributed by atoms with Gasteiger partial charge in [0.05, 0.1) is 13.2 Å². The zero-order chi connectivity index (χ0) is 15.9. The molecule has 21 heavy (non-hydrogen) atoms. The van der Waals surface area contributed by atoms with E-state index in [4.69, 9.17) is 5.11 Å². The Morgan fingerprint density at radius 1 is 0.810 bits per heavy atom. The lowest BCUT2D eigenvalue weighted by Gasteiger charge is -2.04. The Kier molecular flexibility index (Phi) is 13.1. The van der Waals surface area contributed by atoms with Crippen molar-refractivity contribution in [2.45, 2.75) is 59.3 Å². The first-order valence-corrected chi connectivity index (χ1v) is 7.96. The van der Waals surface area contributed by atoms with Crippen molar-refractivity contribution in [1.29, 1.82) is 0 Å². The molecule has 0 fully saturated rings. The second kappa shape index (κ2) is 13.8. The lowest BCUT2D eigenvalue weighted by atomic mass is 10.0. The van der Waals surface area contributed by atoms with Crippen LogP contribution in [0.3, 0.4) is 0 Å². The normalized spacial score (nSPS) is 14.2. The van der Waals surface area contributed by atoms with E-state index >= 15 is 0 Å². The highest BCUT2D eigenvalue weighted by molar-refractivity contribution is 5.08. The molecule has 2 N–H and O–H groups in total. The van der Waals surface area contributed by atoms with Crippen LogP contribution in [0.2, 0.25) is 0 Å². The quantitative estimate of drug-likeness (QED) is 0.542. The molecule has 2 heteroatoms. The predicted octanol–water partition coefficient (Wildman–Crippen LogP) is 4.71. The topological polar surface area (TPSA) is 40.5 Å². The highest BCUT2D eigenvalue weighted by Gasteiger charge is 1.96. The van der Waals surface area contributed by atoms with Crippen molar-refractivity contribution < 1.29 is 10.2 Å². The molecule has 0 spiro atoms. The van der Waals surface area contributed by atoms with Gasteiger partial charge in [0.1, 0.15) is 0 Å². The SMILES string of the molecule is C/C=C/CC/C(C)=C/CC/C(=C\CC/C(C)=C/CO)CO. The zero-order valence-corrected chi connectivity index (χ0v) is 13.9. The molecule has 0 radical (unpaired) electrons. The van der Waals surface area contributed by atoms with Crippen molar-refractivity contribution in [3.63, 3.8) is 0 Å². The molecule has 0 aromatic rings. The number of hydrogen-bond donors (Lipinski definition) is 2. The van der Waals surface area contributed by atoms with Crippen LogP contribution in [-0.4, -0.2) is 23.4 Å². The van der Waals surface area contributed by atoms with Crippen LogP contribution < -0.4 is 0 Å². The Balaban J connectivity index is 4.08. The molecule has 0 rings (SSSR count). The van der Waals surface area contributed by atoms with Crippen LogP contribution >= 0.6 is 0 Å². The third-order valence-electron chi connectivity index (χ3n) is 3.51. The van der Waals surface area contributed by atoms with Gasteiger partial charge >= 0.3 is 0 Å². The number of aliphatic hydroxyl groups excluding tert-OH is 2. The van der Waals surface area contributed by atoms with Gasteiger partial charge in [-0.25, -0.2) is 0 Å². The van der Waals surface area contributed by atoms with Gasteiger partial charge < -0.3 is 10.2 Å². The van der Waals surface area contributed by atoms with Gasteiger partial charge in [-0.15, -0.1) is 0 Å². The second-order valence-corrected chi connectivity index (χ2v) is 5.49. The number of hydrogen-bond acceptors (Lipinski definition) is 2. The molecule has 2 nitrogen and oxygen atoms in total. The Morgan fingerprint density at radius 3 is 2.05 bits per heavy atom. The van der Waals surface area contributed by atoms with Gasteiger partial charge in [0, 0.05) is 0 Å². The fourth-order valence-electron chi connectivity index (χ4n) is 2.09. The van der Waals surface area contributed by atoms with Crippen molar-refractivity contribution >= 4 is 0 Å². The lowest BCUT2D eigenvalue weighted by molar-refractivity contribution is 0.326. The summed E-state index contributed by atoms with van der Waals surface area (Å²) in [6.45, 7) is 6.51. The Labute approximate surface area is 130 Å². The third-order valence-corrected chi connectivity index (χ3v) is 3.51. The molecule has 0 saturated heterocycles. The first-order valence-electron chi connectivity index (χ1n) is 7.96. The van der Waals surface area contributed by atoms with Gasteiger partial charge in [-0.1, -0.05) is 41.5 Å². The molecule has 0 unspecified atom stereocenters. The number of rotatable bonds is 11. The summed E-state index contributed by atoms with van der Waals surface area (Å²) in [5.74, 6) is 0. The van der Waals surface area contributed by atoms with Crippen LogP contribution in [0.25, 0.3) is 0 Å². The zero-order valence-electron chi connectivity index (χ0n) is 13.9. The summed E-state index contributed by atoms with van der Waals surface area (Å²) < 4.78 is 0. The van der Waals surface area contributed by atoms with Crippen LogP contribution in [0.5, 0.6) is 0 Å². The summed E-state index contributed by atoms with van der Waals surface area (Å²) >= 11 is 0. The molecule has 0 aliphatic rings. The van der Waals surface area contributed by atoms with Gasteiger partial charge in [0.25, 0.3) is 0 Å². The standard InChI is InChI=1S/C19H32O2/c1-4-5-6-9-17(2)10-7-12-19(16-21)13-8-11-18(3)14-15-20/h4-5,10,13-14,20-21H,6-9,11-12,15-16H2,1-3H3/b5-4+,17-10+,18-14+,19-13+. The van der Waals surface area contributed by atoms with Crippen molar-refractivity contribution in [3.05, 3.63) is 47.1 Å². The maximum atomic E-state index is 9.38. The van der Waals surface area contributed by atoms with Crippen molar-refractivity contribution in [1.82, 2.24) is 0 Å². The summed E-state index contributed by atoms with van der Waals surface area (Å²) in [7, 11) is 0. The molecule has 0 atom stereocenters. The second-order valence-electron chi connectivity index (χ2n) is 5.49. The van der Waals surface area contributed by atoms with Crippen LogP contribution in [0.1, 0.15) is 59.3 Å². The van der Waals surface area contributed by atoms with Crippen molar-refractivity contribution in [2.24, 2.45) is 0 Å². The van der Waals surface area contributed by atoms with Crippen molar-refractivity contribution in [3.8, 4) is 0 Å².